The zero-order valence-corrected chi connectivity index (χ0v) is 15.0. The predicted molar refractivity (Wildman–Crippen MR) is 95.2 cm³/mol. The highest BCUT2D eigenvalue weighted by molar-refractivity contribution is 7.07. The van der Waals surface area contributed by atoms with Gasteiger partial charge in [-0.05, 0) is 54.0 Å². The smallest absolute Gasteiger partial charge is 0.317 e. The van der Waals surface area contributed by atoms with Crippen molar-refractivity contribution in [3.63, 3.8) is 0 Å². The maximum Gasteiger partial charge on any atom is 0.317 e. The van der Waals surface area contributed by atoms with Gasteiger partial charge in [-0.15, -0.1) is 0 Å². The molecule has 1 N–H and O–H groups in total. The van der Waals surface area contributed by atoms with Crippen molar-refractivity contribution >= 4 is 17.4 Å². The molecule has 0 saturated carbocycles. The maximum atomic E-state index is 12.0. The molecular weight excluding hydrogens is 322 g/mol. The van der Waals surface area contributed by atoms with Gasteiger partial charge in [0.1, 0.15) is 0 Å². The predicted octanol–water partition coefficient (Wildman–Crippen LogP) is 2.53. The molecule has 6 heteroatoms. The first-order valence-electron chi connectivity index (χ1n) is 9.13. The van der Waals surface area contributed by atoms with Crippen LogP contribution in [-0.2, 0) is 11.3 Å². The Balaban J connectivity index is 1.16. The molecule has 132 valence electrons. The van der Waals surface area contributed by atoms with Crippen molar-refractivity contribution < 1.29 is 9.53 Å². The fraction of sp³-hybridized carbons (Fsp3) is 0.722. The van der Waals surface area contributed by atoms with Gasteiger partial charge < -0.3 is 15.0 Å². The third-order valence-corrected chi connectivity index (χ3v) is 6.31. The van der Waals surface area contributed by atoms with E-state index in [1.807, 2.05) is 4.90 Å². The summed E-state index contributed by atoms with van der Waals surface area (Å²) in [5.74, 6) is 0.466. The summed E-state index contributed by atoms with van der Waals surface area (Å²) in [4.78, 5) is 16.4. The summed E-state index contributed by atoms with van der Waals surface area (Å²) in [5.41, 5.74) is 1.50. The lowest BCUT2D eigenvalue weighted by Gasteiger charge is -2.53. The molecule has 4 rings (SSSR count). The standard InChI is InChI=1S/C18H27N3O2S/c22-17(21-6-1-2-7-21)19-9-15-3-5-18(23-11-15)13-20(14-18)10-16-4-8-24-12-16/h4,8,12,15H,1-3,5-7,9-11,13-14H2,(H,19,22)/t15-/m0/s1. The van der Waals surface area contributed by atoms with Gasteiger partial charge in [0.05, 0.1) is 12.2 Å². The van der Waals surface area contributed by atoms with Crippen molar-refractivity contribution in [2.75, 3.05) is 39.3 Å². The molecule has 4 heterocycles. The van der Waals surface area contributed by atoms with Crippen LogP contribution in [0.4, 0.5) is 4.79 Å². The molecule has 0 bridgehead atoms. The number of hydrogen-bond acceptors (Lipinski definition) is 4. The van der Waals surface area contributed by atoms with Gasteiger partial charge >= 0.3 is 6.03 Å². The molecule has 0 unspecified atom stereocenters. The molecule has 1 atom stereocenters. The van der Waals surface area contributed by atoms with E-state index in [-0.39, 0.29) is 11.6 Å². The quantitative estimate of drug-likeness (QED) is 0.908. The summed E-state index contributed by atoms with van der Waals surface area (Å²) >= 11 is 1.76. The summed E-state index contributed by atoms with van der Waals surface area (Å²) in [5, 5.41) is 7.46. The van der Waals surface area contributed by atoms with Crippen molar-refractivity contribution in [2.45, 2.75) is 37.8 Å². The molecule has 3 fully saturated rings. The van der Waals surface area contributed by atoms with Crippen LogP contribution < -0.4 is 5.32 Å². The van der Waals surface area contributed by atoms with Crippen molar-refractivity contribution in [3.8, 4) is 0 Å². The summed E-state index contributed by atoms with van der Waals surface area (Å²) in [7, 11) is 0. The molecule has 2 amide bonds. The average molecular weight is 350 g/mol. The number of nitrogens with zero attached hydrogens (tertiary/aromatic N) is 2. The monoisotopic (exact) mass is 349 g/mol. The van der Waals surface area contributed by atoms with E-state index < -0.39 is 0 Å². The van der Waals surface area contributed by atoms with Crippen LogP contribution in [0.5, 0.6) is 0 Å². The molecule has 1 spiro atoms. The third-order valence-electron chi connectivity index (χ3n) is 5.58. The Morgan fingerprint density at radius 1 is 1.38 bits per heavy atom. The number of thiophene rings is 1. The Morgan fingerprint density at radius 3 is 2.88 bits per heavy atom. The van der Waals surface area contributed by atoms with Gasteiger partial charge in [0, 0.05) is 39.3 Å². The Bertz CT molecular complexity index is 541. The summed E-state index contributed by atoms with van der Waals surface area (Å²) in [6.45, 7) is 6.51. The number of rotatable bonds is 4. The Hall–Kier alpha value is -1.11. The van der Waals surface area contributed by atoms with E-state index in [1.165, 1.54) is 5.56 Å². The second-order valence-electron chi connectivity index (χ2n) is 7.56. The number of hydrogen-bond donors (Lipinski definition) is 1. The zero-order valence-electron chi connectivity index (χ0n) is 14.2. The van der Waals surface area contributed by atoms with Crippen LogP contribution in [0.25, 0.3) is 0 Å². The minimum Gasteiger partial charge on any atom is -0.372 e. The van der Waals surface area contributed by atoms with Crippen LogP contribution in [0, 0.1) is 5.92 Å². The second-order valence-corrected chi connectivity index (χ2v) is 8.34. The SMILES string of the molecule is O=C(NC[C@@H]1CCC2(CN(Cc3ccsc3)C2)OC1)N1CCCC1. The van der Waals surface area contributed by atoms with E-state index in [0.717, 1.165) is 71.6 Å². The molecular formula is C18H27N3O2S. The number of carbonyl (C=O) groups excluding carboxylic acids is 1. The number of urea groups is 1. The molecule has 0 aromatic carbocycles. The van der Waals surface area contributed by atoms with Crippen LogP contribution in [0.15, 0.2) is 16.8 Å². The minimum absolute atomic E-state index is 0.0888. The van der Waals surface area contributed by atoms with Crippen molar-refractivity contribution in [2.24, 2.45) is 5.92 Å². The Morgan fingerprint density at radius 2 is 2.21 bits per heavy atom. The molecule has 3 aliphatic heterocycles. The minimum atomic E-state index is 0.0888. The fourth-order valence-electron chi connectivity index (χ4n) is 4.11. The number of likely N-dealkylation sites (tertiary alicyclic amines) is 2. The van der Waals surface area contributed by atoms with Gasteiger partial charge in [-0.25, -0.2) is 4.79 Å². The largest absolute Gasteiger partial charge is 0.372 e. The second kappa shape index (κ2) is 7.02. The van der Waals surface area contributed by atoms with Crippen LogP contribution in [0.3, 0.4) is 0 Å². The Kier molecular flexibility index (Phi) is 4.79. The number of amides is 2. The lowest BCUT2D eigenvalue weighted by Crippen LogP contribution is -2.64. The lowest BCUT2D eigenvalue weighted by atomic mass is 9.83. The van der Waals surface area contributed by atoms with Crippen LogP contribution >= 0.6 is 11.3 Å². The highest BCUT2D eigenvalue weighted by Crippen LogP contribution is 2.36. The van der Waals surface area contributed by atoms with Gasteiger partial charge in [0.25, 0.3) is 0 Å². The molecule has 1 aromatic heterocycles. The molecule has 0 radical (unpaired) electrons. The molecule has 3 aliphatic rings. The summed E-state index contributed by atoms with van der Waals surface area (Å²) in [6, 6.07) is 2.31. The number of nitrogens with one attached hydrogen (secondary N) is 1. The van der Waals surface area contributed by atoms with Crippen molar-refractivity contribution in [1.82, 2.24) is 15.1 Å². The van der Waals surface area contributed by atoms with Crippen LogP contribution in [-0.4, -0.2) is 60.8 Å². The van der Waals surface area contributed by atoms with E-state index in [9.17, 15) is 4.79 Å². The van der Waals surface area contributed by atoms with Gasteiger partial charge in [-0.3, -0.25) is 4.90 Å². The molecule has 0 aliphatic carbocycles. The topological polar surface area (TPSA) is 44.8 Å². The van der Waals surface area contributed by atoms with E-state index in [2.05, 4.69) is 27.0 Å². The van der Waals surface area contributed by atoms with E-state index >= 15 is 0 Å². The van der Waals surface area contributed by atoms with Crippen LogP contribution in [0.2, 0.25) is 0 Å². The van der Waals surface area contributed by atoms with E-state index in [4.69, 9.17) is 4.74 Å². The van der Waals surface area contributed by atoms with Gasteiger partial charge in [0.15, 0.2) is 0 Å². The number of ether oxygens (including phenoxy) is 1. The normalized spacial score (nSPS) is 26.5. The summed E-state index contributed by atoms with van der Waals surface area (Å²) in [6.07, 6.45) is 4.57. The fourth-order valence-corrected chi connectivity index (χ4v) is 4.77. The van der Waals surface area contributed by atoms with Crippen molar-refractivity contribution in [1.29, 1.82) is 0 Å². The van der Waals surface area contributed by atoms with Crippen molar-refractivity contribution in [3.05, 3.63) is 22.4 Å². The first kappa shape index (κ1) is 16.4. The molecule has 24 heavy (non-hydrogen) atoms. The maximum absolute atomic E-state index is 12.0. The molecule has 3 saturated heterocycles. The van der Waals surface area contributed by atoms with Gasteiger partial charge in [0.2, 0.25) is 0 Å². The lowest BCUT2D eigenvalue weighted by molar-refractivity contribution is -0.181. The average Bonchev–Trinajstić information content (AvgIpc) is 3.26. The first-order chi connectivity index (χ1) is 11.7. The van der Waals surface area contributed by atoms with Crippen LogP contribution in [0.1, 0.15) is 31.2 Å². The summed E-state index contributed by atoms with van der Waals surface area (Å²) < 4.78 is 6.22. The van der Waals surface area contributed by atoms with E-state index in [1.54, 1.807) is 11.3 Å². The highest BCUT2D eigenvalue weighted by Gasteiger charge is 2.46. The zero-order chi connectivity index (χ0) is 16.4. The first-order valence-corrected chi connectivity index (χ1v) is 10.1. The van der Waals surface area contributed by atoms with E-state index in [0.29, 0.717) is 5.92 Å². The number of carbonyl (C=O) groups is 1. The van der Waals surface area contributed by atoms with Gasteiger partial charge in [-0.1, -0.05) is 0 Å². The Labute approximate surface area is 148 Å². The molecule has 1 aromatic rings. The van der Waals surface area contributed by atoms with Gasteiger partial charge in [-0.2, -0.15) is 11.3 Å². The third kappa shape index (κ3) is 3.60. The molecule has 5 nitrogen and oxygen atoms in total. The highest BCUT2D eigenvalue weighted by atomic mass is 32.1.